The molecule has 2 unspecified atom stereocenters. The summed E-state index contributed by atoms with van der Waals surface area (Å²) in [5.74, 6) is 0.0871. The van der Waals surface area contributed by atoms with E-state index < -0.39 is 0 Å². The van der Waals surface area contributed by atoms with Crippen molar-refractivity contribution in [3.05, 3.63) is 59.0 Å². The highest BCUT2D eigenvalue weighted by molar-refractivity contribution is 6.31. The summed E-state index contributed by atoms with van der Waals surface area (Å²) in [6.07, 6.45) is 7.85. The van der Waals surface area contributed by atoms with Gasteiger partial charge < -0.3 is 11.1 Å². The van der Waals surface area contributed by atoms with Crippen LogP contribution in [0.25, 0.3) is 5.65 Å². The Labute approximate surface area is 150 Å². The van der Waals surface area contributed by atoms with E-state index in [9.17, 15) is 4.79 Å². The number of nitrogens with one attached hydrogen (secondary N) is 1. The number of aromatic nitrogens is 3. The van der Waals surface area contributed by atoms with Crippen LogP contribution >= 0.6 is 11.6 Å². The number of halogens is 1. The predicted molar refractivity (Wildman–Crippen MR) is 97.0 cm³/mol. The predicted octanol–water partition coefficient (Wildman–Crippen LogP) is 3.23. The zero-order chi connectivity index (χ0) is 17.4. The highest BCUT2D eigenvalue weighted by atomic mass is 35.5. The van der Waals surface area contributed by atoms with Crippen molar-refractivity contribution >= 4 is 28.8 Å². The Morgan fingerprint density at radius 2 is 2.24 bits per heavy atom. The maximum atomic E-state index is 12.8. The topological polar surface area (TPSA) is 85.3 Å². The Hall–Kier alpha value is -2.44. The molecule has 0 aliphatic heterocycles. The Bertz CT molecular complexity index is 938. The van der Waals surface area contributed by atoms with Crippen LogP contribution in [0.2, 0.25) is 5.02 Å². The standard InChI is InChI=1S/C18H18ClN5O/c19-12-3-5-14(11-2-4-13(20)8-11)16(9-12)23-18(25)15-10-22-24-7-1-6-21-17(15)24/h1,3,5-7,9-11,13H,2,4,8,20H2,(H,23,25). The van der Waals surface area contributed by atoms with Crippen molar-refractivity contribution in [2.24, 2.45) is 5.73 Å². The molecular formula is C18H18ClN5O. The van der Waals surface area contributed by atoms with E-state index >= 15 is 0 Å². The number of benzene rings is 1. The molecule has 0 bridgehead atoms. The quantitative estimate of drug-likeness (QED) is 0.755. The van der Waals surface area contributed by atoms with Gasteiger partial charge in [0.15, 0.2) is 5.65 Å². The molecule has 6 nitrogen and oxygen atoms in total. The number of amides is 1. The fraction of sp³-hybridized carbons (Fsp3) is 0.278. The average molecular weight is 356 g/mol. The van der Waals surface area contributed by atoms with E-state index in [1.807, 2.05) is 12.1 Å². The molecule has 3 N–H and O–H groups in total. The summed E-state index contributed by atoms with van der Waals surface area (Å²) in [5, 5.41) is 7.72. The van der Waals surface area contributed by atoms with Crippen molar-refractivity contribution in [1.29, 1.82) is 0 Å². The van der Waals surface area contributed by atoms with Crippen LogP contribution < -0.4 is 11.1 Å². The van der Waals surface area contributed by atoms with E-state index in [-0.39, 0.29) is 11.9 Å². The summed E-state index contributed by atoms with van der Waals surface area (Å²) in [4.78, 5) is 17.0. The highest BCUT2D eigenvalue weighted by Gasteiger charge is 2.26. The summed E-state index contributed by atoms with van der Waals surface area (Å²) < 4.78 is 1.57. The summed E-state index contributed by atoms with van der Waals surface area (Å²) in [6, 6.07) is 7.60. The molecule has 4 rings (SSSR count). The summed E-state index contributed by atoms with van der Waals surface area (Å²) in [6.45, 7) is 0. The number of nitrogens with zero attached hydrogens (tertiary/aromatic N) is 3. The number of anilines is 1. The van der Waals surface area contributed by atoms with Gasteiger partial charge in [-0.1, -0.05) is 17.7 Å². The summed E-state index contributed by atoms with van der Waals surface area (Å²) in [7, 11) is 0. The van der Waals surface area contributed by atoms with Crippen molar-refractivity contribution in [2.45, 2.75) is 31.2 Å². The largest absolute Gasteiger partial charge is 0.328 e. The van der Waals surface area contributed by atoms with E-state index in [1.165, 1.54) is 6.20 Å². The molecule has 2 aromatic heterocycles. The first-order valence-electron chi connectivity index (χ1n) is 8.26. The van der Waals surface area contributed by atoms with Crippen molar-refractivity contribution in [3.8, 4) is 0 Å². The summed E-state index contributed by atoms with van der Waals surface area (Å²) in [5.41, 5.74) is 8.80. The van der Waals surface area contributed by atoms with Crippen LogP contribution in [-0.2, 0) is 0 Å². The molecule has 2 heterocycles. The van der Waals surface area contributed by atoms with Gasteiger partial charge in [-0.3, -0.25) is 4.79 Å². The number of fused-ring (bicyclic) bond motifs is 1. The number of carbonyl (C=O) groups excluding carboxylic acids is 1. The minimum absolute atomic E-state index is 0.216. The molecule has 7 heteroatoms. The van der Waals surface area contributed by atoms with E-state index in [4.69, 9.17) is 17.3 Å². The second kappa shape index (κ2) is 6.46. The second-order valence-electron chi connectivity index (χ2n) is 6.40. The third-order valence-electron chi connectivity index (χ3n) is 4.70. The Balaban J connectivity index is 1.66. The van der Waals surface area contributed by atoms with E-state index in [0.717, 1.165) is 30.5 Å². The number of hydrogen-bond donors (Lipinski definition) is 2. The molecule has 2 atom stereocenters. The van der Waals surface area contributed by atoms with Gasteiger partial charge in [0.1, 0.15) is 5.56 Å². The van der Waals surface area contributed by atoms with Gasteiger partial charge in [-0.2, -0.15) is 5.10 Å². The highest BCUT2D eigenvalue weighted by Crippen LogP contribution is 2.38. The van der Waals surface area contributed by atoms with Gasteiger partial charge in [-0.25, -0.2) is 9.50 Å². The zero-order valence-electron chi connectivity index (χ0n) is 13.5. The Morgan fingerprint density at radius 3 is 3.04 bits per heavy atom. The minimum atomic E-state index is -0.250. The fourth-order valence-corrected chi connectivity index (χ4v) is 3.64. The van der Waals surface area contributed by atoms with Crippen molar-refractivity contribution < 1.29 is 4.79 Å². The molecule has 3 aromatic rings. The van der Waals surface area contributed by atoms with Gasteiger partial charge in [0.05, 0.1) is 6.20 Å². The van der Waals surface area contributed by atoms with Crippen molar-refractivity contribution in [1.82, 2.24) is 14.6 Å². The van der Waals surface area contributed by atoms with Crippen LogP contribution in [0, 0.1) is 0 Å². The van der Waals surface area contributed by atoms with Crippen LogP contribution in [0.1, 0.15) is 41.1 Å². The maximum absolute atomic E-state index is 12.8. The lowest BCUT2D eigenvalue weighted by atomic mass is 9.95. The van der Waals surface area contributed by atoms with Crippen LogP contribution in [0.4, 0.5) is 5.69 Å². The molecule has 128 valence electrons. The zero-order valence-corrected chi connectivity index (χ0v) is 14.3. The van der Waals surface area contributed by atoms with Crippen molar-refractivity contribution in [2.75, 3.05) is 5.32 Å². The average Bonchev–Trinajstić information content (AvgIpc) is 3.21. The van der Waals surface area contributed by atoms with Gasteiger partial charge in [-0.15, -0.1) is 0 Å². The van der Waals surface area contributed by atoms with Gasteiger partial charge in [0.25, 0.3) is 5.91 Å². The molecule has 0 radical (unpaired) electrons. The first-order valence-corrected chi connectivity index (χ1v) is 8.64. The molecule has 25 heavy (non-hydrogen) atoms. The van der Waals surface area contributed by atoms with Crippen LogP contribution in [0.3, 0.4) is 0 Å². The van der Waals surface area contributed by atoms with Crippen molar-refractivity contribution in [3.63, 3.8) is 0 Å². The number of nitrogens with two attached hydrogens (primary N) is 1. The number of rotatable bonds is 3. The molecule has 1 aromatic carbocycles. The molecule has 1 aliphatic rings. The lowest BCUT2D eigenvalue weighted by Gasteiger charge is -2.16. The normalized spacial score (nSPS) is 20.1. The smallest absolute Gasteiger partial charge is 0.261 e. The van der Waals surface area contributed by atoms with Crippen LogP contribution in [0.5, 0.6) is 0 Å². The third-order valence-corrected chi connectivity index (χ3v) is 4.94. The van der Waals surface area contributed by atoms with Gasteiger partial charge in [-0.05, 0) is 48.9 Å². The monoisotopic (exact) mass is 355 g/mol. The third kappa shape index (κ3) is 3.10. The van der Waals surface area contributed by atoms with E-state index in [2.05, 4.69) is 15.4 Å². The van der Waals surface area contributed by atoms with Gasteiger partial charge >= 0.3 is 0 Å². The SMILES string of the molecule is NC1CCC(c2ccc(Cl)cc2NC(=O)c2cnn3cccnc23)C1. The molecule has 0 spiro atoms. The molecular weight excluding hydrogens is 338 g/mol. The van der Waals surface area contributed by atoms with Gasteiger partial charge in [0, 0.05) is 29.1 Å². The van der Waals surface area contributed by atoms with Crippen LogP contribution in [0.15, 0.2) is 42.9 Å². The lowest BCUT2D eigenvalue weighted by molar-refractivity contribution is 0.102. The maximum Gasteiger partial charge on any atom is 0.261 e. The Kier molecular flexibility index (Phi) is 4.15. The molecule has 1 saturated carbocycles. The number of hydrogen-bond acceptors (Lipinski definition) is 4. The first-order chi connectivity index (χ1) is 12.1. The first kappa shape index (κ1) is 16.1. The lowest BCUT2D eigenvalue weighted by Crippen LogP contribution is -2.16. The molecule has 1 fully saturated rings. The molecule has 0 saturated heterocycles. The summed E-state index contributed by atoms with van der Waals surface area (Å²) >= 11 is 6.15. The van der Waals surface area contributed by atoms with E-state index in [1.54, 1.807) is 29.0 Å². The number of carbonyl (C=O) groups is 1. The minimum Gasteiger partial charge on any atom is -0.328 e. The molecule has 1 aliphatic carbocycles. The second-order valence-corrected chi connectivity index (χ2v) is 6.84. The van der Waals surface area contributed by atoms with Gasteiger partial charge in [0.2, 0.25) is 0 Å². The fourth-order valence-electron chi connectivity index (χ4n) is 3.47. The van der Waals surface area contributed by atoms with Crippen LogP contribution in [-0.4, -0.2) is 26.5 Å². The Morgan fingerprint density at radius 1 is 1.36 bits per heavy atom. The molecule has 1 amide bonds. The van der Waals surface area contributed by atoms with E-state index in [0.29, 0.717) is 22.2 Å².